The molecular formula is C8H12ClFN4O. The molecule has 0 aromatic carbocycles. The van der Waals surface area contributed by atoms with Crippen LogP contribution in [0.25, 0.3) is 0 Å². The zero-order chi connectivity index (χ0) is 11.4. The molecule has 0 aliphatic carbocycles. The Labute approximate surface area is 91.7 Å². The van der Waals surface area contributed by atoms with Crippen LogP contribution in [0.5, 0.6) is 0 Å². The number of hydrogen-bond acceptors (Lipinski definition) is 5. The van der Waals surface area contributed by atoms with Gasteiger partial charge in [-0.15, -0.1) is 0 Å². The van der Waals surface area contributed by atoms with Gasteiger partial charge in [0.25, 0.3) is 0 Å². The molecule has 0 bridgehead atoms. The van der Waals surface area contributed by atoms with Crippen molar-refractivity contribution in [2.24, 2.45) is 0 Å². The molecule has 7 heteroatoms. The van der Waals surface area contributed by atoms with E-state index < -0.39 is 12.2 Å². The number of aryl methyl sites for hydroxylation is 1. The molecule has 2 N–H and O–H groups in total. The van der Waals surface area contributed by atoms with Gasteiger partial charge >= 0.3 is 0 Å². The summed E-state index contributed by atoms with van der Waals surface area (Å²) in [7, 11) is 0. The van der Waals surface area contributed by atoms with Gasteiger partial charge in [0.15, 0.2) is 0 Å². The maximum atomic E-state index is 12.9. The number of rotatable bonds is 4. The number of alkyl halides is 1. The molecule has 0 spiro atoms. The van der Waals surface area contributed by atoms with Crippen molar-refractivity contribution in [3.63, 3.8) is 0 Å². The number of aliphatic hydroxyl groups excluding tert-OH is 1. The van der Waals surface area contributed by atoms with Crippen LogP contribution in [0.3, 0.4) is 0 Å². The van der Waals surface area contributed by atoms with Crippen LogP contribution >= 0.6 is 11.6 Å². The van der Waals surface area contributed by atoms with Crippen LogP contribution in [-0.2, 0) is 0 Å². The fourth-order valence-electron chi connectivity index (χ4n) is 0.985. The lowest BCUT2D eigenvalue weighted by Gasteiger charge is -2.17. The van der Waals surface area contributed by atoms with E-state index in [0.717, 1.165) is 0 Å². The Kier molecular flexibility index (Phi) is 4.16. The van der Waals surface area contributed by atoms with Crippen LogP contribution in [0.15, 0.2) is 0 Å². The highest BCUT2D eigenvalue weighted by molar-refractivity contribution is 6.28. The van der Waals surface area contributed by atoms with Crippen LogP contribution < -0.4 is 5.32 Å². The number of aromatic nitrogens is 3. The minimum Gasteiger partial charge on any atom is -0.394 e. The molecule has 15 heavy (non-hydrogen) atoms. The maximum Gasteiger partial charge on any atom is 0.227 e. The Morgan fingerprint density at radius 3 is 2.60 bits per heavy atom. The number of nitrogens with zero attached hydrogens (tertiary/aromatic N) is 3. The van der Waals surface area contributed by atoms with Crippen molar-refractivity contribution in [2.45, 2.75) is 26.1 Å². The Hall–Kier alpha value is -1.01. The van der Waals surface area contributed by atoms with E-state index in [4.69, 9.17) is 16.7 Å². The molecule has 0 saturated heterocycles. The number of hydrogen-bond donors (Lipinski definition) is 2. The van der Waals surface area contributed by atoms with Crippen molar-refractivity contribution >= 4 is 17.5 Å². The molecule has 0 saturated carbocycles. The minimum atomic E-state index is -1.22. The predicted molar refractivity (Wildman–Crippen MR) is 54.6 cm³/mol. The molecule has 1 aromatic heterocycles. The fourth-order valence-corrected chi connectivity index (χ4v) is 1.19. The maximum absolute atomic E-state index is 12.9. The van der Waals surface area contributed by atoms with Crippen LogP contribution in [0.2, 0.25) is 5.28 Å². The smallest absolute Gasteiger partial charge is 0.227 e. The third kappa shape index (κ3) is 3.56. The first kappa shape index (κ1) is 12.1. The van der Waals surface area contributed by atoms with Gasteiger partial charge in [-0.05, 0) is 25.4 Å². The predicted octanol–water partition coefficient (Wildman–Crippen LogP) is 0.964. The standard InChI is InChI=1S/C8H12ClFN4O/c1-4(10)6(3-15)13-8-12-5(2)11-7(9)14-8/h4,6,15H,3H2,1-2H3,(H,11,12,13,14)/t4-,6+/m0/s1. The van der Waals surface area contributed by atoms with E-state index in [-0.39, 0.29) is 17.8 Å². The average molecular weight is 235 g/mol. The van der Waals surface area contributed by atoms with Gasteiger partial charge in [0.2, 0.25) is 11.2 Å². The second-order valence-electron chi connectivity index (χ2n) is 3.09. The zero-order valence-corrected chi connectivity index (χ0v) is 9.16. The number of aliphatic hydroxyl groups is 1. The summed E-state index contributed by atoms with van der Waals surface area (Å²) >= 11 is 5.60. The summed E-state index contributed by atoms with van der Waals surface area (Å²) in [6, 6.07) is -0.747. The molecule has 0 radical (unpaired) electrons. The van der Waals surface area contributed by atoms with E-state index in [1.165, 1.54) is 6.92 Å². The Balaban J connectivity index is 2.79. The highest BCUT2D eigenvalue weighted by atomic mass is 35.5. The molecule has 2 atom stereocenters. The van der Waals surface area contributed by atoms with Gasteiger partial charge in [0.1, 0.15) is 12.0 Å². The van der Waals surface area contributed by atoms with Gasteiger partial charge in [-0.3, -0.25) is 0 Å². The van der Waals surface area contributed by atoms with E-state index in [9.17, 15) is 4.39 Å². The van der Waals surface area contributed by atoms with Crippen molar-refractivity contribution in [3.8, 4) is 0 Å². The second-order valence-corrected chi connectivity index (χ2v) is 3.42. The van der Waals surface area contributed by atoms with E-state index in [0.29, 0.717) is 5.82 Å². The molecule has 1 heterocycles. The Bertz CT molecular complexity index is 316. The molecule has 0 aliphatic heterocycles. The van der Waals surface area contributed by atoms with Crippen molar-refractivity contribution in [3.05, 3.63) is 11.1 Å². The van der Waals surface area contributed by atoms with E-state index >= 15 is 0 Å². The van der Waals surface area contributed by atoms with E-state index in [1.54, 1.807) is 6.92 Å². The van der Waals surface area contributed by atoms with E-state index in [1.807, 2.05) is 0 Å². The summed E-state index contributed by atoms with van der Waals surface area (Å²) in [5.41, 5.74) is 0. The van der Waals surface area contributed by atoms with Crippen LogP contribution in [-0.4, -0.2) is 38.9 Å². The van der Waals surface area contributed by atoms with Gasteiger partial charge in [0.05, 0.1) is 12.6 Å². The average Bonchev–Trinajstić information content (AvgIpc) is 2.12. The largest absolute Gasteiger partial charge is 0.394 e. The minimum absolute atomic E-state index is 0.0354. The summed E-state index contributed by atoms with van der Waals surface area (Å²) in [6.07, 6.45) is -1.22. The molecular weight excluding hydrogens is 223 g/mol. The lowest BCUT2D eigenvalue weighted by molar-refractivity contribution is 0.210. The first-order chi connectivity index (χ1) is 7.02. The number of anilines is 1. The van der Waals surface area contributed by atoms with Crippen molar-refractivity contribution in [2.75, 3.05) is 11.9 Å². The topological polar surface area (TPSA) is 70.9 Å². The molecule has 1 aromatic rings. The summed E-state index contributed by atoms with van der Waals surface area (Å²) in [5.74, 6) is 0.594. The number of halogens is 2. The quantitative estimate of drug-likeness (QED) is 0.812. The lowest BCUT2D eigenvalue weighted by atomic mass is 10.2. The molecule has 0 aliphatic rings. The zero-order valence-electron chi connectivity index (χ0n) is 8.41. The molecule has 0 unspecified atom stereocenters. The highest BCUT2D eigenvalue weighted by Gasteiger charge is 2.16. The van der Waals surface area contributed by atoms with Gasteiger partial charge in [-0.1, -0.05) is 0 Å². The van der Waals surface area contributed by atoms with Crippen LogP contribution in [0.1, 0.15) is 12.7 Å². The third-order valence-electron chi connectivity index (χ3n) is 1.79. The first-order valence-electron chi connectivity index (χ1n) is 4.42. The van der Waals surface area contributed by atoms with Gasteiger partial charge in [0, 0.05) is 0 Å². The normalized spacial score (nSPS) is 14.7. The van der Waals surface area contributed by atoms with E-state index in [2.05, 4.69) is 20.3 Å². The van der Waals surface area contributed by atoms with Crippen molar-refractivity contribution in [1.82, 2.24) is 15.0 Å². The van der Waals surface area contributed by atoms with Crippen LogP contribution in [0.4, 0.5) is 10.3 Å². The lowest BCUT2D eigenvalue weighted by Crippen LogP contribution is -2.33. The summed E-state index contributed by atoms with van der Waals surface area (Å²) < 4.78 is 12.9. The second kappa shape index (κ2) is 5.18. The van der Waals surface area contributed by atoms with Crippen molar-refractivity contribution in [1.29, 1.82) is 0 Å². The van der Waals surface area contributed by atoms with Gasteiger partial charge in [-0.25, -0.2) is 9.37 Å². The van der Waals surface area contributed by atoms with Crippen molar-refractivity contribution < 1.29 is 9.50 Å². The summed E-state index contributed by atoms with van der Waals surface area (Å²) in [6.45, 7) is 2.63. The number of nitrogens with one attached hydrogen (secondary N) is 1. The fraction of sp³-hybridized carbons (Fsp3) is 0.625. The van der Waals surface area contributed by atoms with Gasteiger partial charge in [-0.2, -0.15) is 9.97 Å². The molecule has 0 fully saturated rings. The van der Waals surface area contributed by atoms with Gasteiger partial charge < -0.3 is 10.4 Å². The highest BCUT2D eigenvalue weighted by Crippen LogP contribution is 2.09. The monoisotopic (exact) mass is 234 g/mol. The Morgan fingerprint density at radius 2 is 2.13 bits per heavy atom. The van der Waals surface area contributed by atoms with Crippen LogP contribution in [0, 0.1) is 6.92 Å². The molecule has 1 rings (SSSR count). The summed E-state index contributed by atoms with van der Waals surface area (Å²) in [4.78, 5) is 11.4. The molecule has 5 nitrogen and oxygen atoms in total. The SMILES string of the molecule is Cc1nc(Cl)nc(N[C@H](CO)[C@H](C)F)n1. The Morgan fingerprint density at radius 1 is 1.47 bits per heavy atom. The molecule has 84 valence electrons. The molecule has 0 amide bonds. The summed E-state index contributed by atoms with van der Waals surface area (Å²) in [5, 5.41) is 11.6. The first-order valence-corrected chi connectivity index (χ1v) is 4.80. The third-order valence-corrected chi connectivity index (χ3v) is 1.95.